The molecule has 0 bridgehead atoms. The first-order chi connectivity index (χ1) is 11.6. The molecule has 132 valence electrons. The summed E-state index contributed by atoms with van der Waals surface area (Å²) >= 11 is 0. The van der Waals surface area contributed by atoms with E-state index in [1.165, 1.54) is 0 Å². The molecule has 24 heavy (non-hydrogen) atoms. The molecule has 3 rings (SSSR count). The van der Waals surface area contributed by atoms with Crippen LogP contribution >= 0.6 is 0 Å². The van der Waals surface area contributed by atoms with Gasteiger partial charge in [-0.3, -0.25) is 9.69 Å². The smallest absolute Gasteiger partial charge is 0.257 e. The van der Waals surface area contributed by atoms with Gasteiger partial charge in [0.2, 0.25) is 0 Å². The van der Waals surface area contributed by atoms with Gasteiger partial charge in [-0.2, -0.15) is 0 Å². The lowest BCUT2D eigenvalue weighted by molar-refractivity contribution is 0.0623. The molecule has 6 heteroatoms. The number of anilines is 1. The Morgan fingerprint density at radius 1 is 1.17 bits per heavy atom. The van der Waals surface area contributed by atoms with E-state index in [2.05, 4.69) is 28.6 Å². The molecule has 0 radical (unpaired) electrons. The molecule has 1 aromatic heterocycles. The largest absolute Gasteiger partial charge is 0.378 e. The highest BCUT2D eigenvalue weighted by Crippen LogP contribution is 2.21. The summed E-state index contributed by atoms with van der Waals surface area (Å²) in [6.45, 7) is 12.0. The topological polar surface area (TPSA) is 48.9 Å². The minimum Gasteiger partial charge on any atom is -0.378 e. The minimum absolute atomic E-state index is 0.105. The first-order valence-electron chi connectivity index (χ1n) is 8.94. The highest BCUT2D eigenvalue weighted by atomic mass is 16.5. The number of carbonyl (C=O) groups excluding carboxylic acids is 1. The number of morpholine rings is 1. The third-order valence-electron chi connectivity index (χ3n) is 4.61. The first-order valence-corrected chi connectivity index (χ1v) is 8.94. The lowest BCUT2D eigenvalue weighted by Crippen LogP contribution is -2.49. The van der Waals surface area contributed by atoms with Crippen molar-refractivity contribution >= 4 is 11.7 Å². The van der Waals surface area contributed by atoms with E-state index in [4.69, 9.17) is 4.74 Å². The Morgan fingerprint density at radius 3 is 2.54 bits per heavy atom. The average molecular weight is 332 g/mol. The second-order valence-electron chi connectivity index (χ2n) is 6.96. The normalized spacial score (nSPS) is 19.8. The third kappa shape index (κ3) is 4.05. The quantitative estimate of drug-likeness (QED) is 0.833. The number of aromatic nitrogens is 1. The number of nitrogens with zero attached hydrogens (tertiary/aromatic N) is 4. The summed E-state index contributed by atoms with van der Waals surface area (Å²) in [6, 6.07) is 3.76. The molecular formula is C18H28N4O2. The fourth-order valence-corrected chi connectivity index (χ4v) is 3.41. The summed E-state index contributed by atoms with van der Waals surface area (Å²) in [4.78, 5) is 24.1. The minimum atomic E-state index is 0.105. The standard InChI is InChI=1S/C18H28N4O2/c1-15(2)14-20-6-8-22(9-7-20)18(23)16-4-3-5-19-17(16)21-10-12-24-13-11-21/h3-5,15H,6-14H2,1-2H3. The molecule has 2 fully saturated rings. The van der Waals surface area contributed by atoms with Crippen LogP contribution in [0.25, 0.3) is 0 Å². The fraction of sp³-hybridized carbons (Fsp3) is 0.667. The highest BCUT2D eigenvalue weighted by Gasteiger charge is 2.26. The Morgan fingerprint density at radius 2 is 1.88 bits per heavy atom. The predicted octanol–water partition coefficient (Wildman–Crippen LogP) is 1.33. The number of ether oxygens (including phenoxy) is 1. The maximum Gasteiger partial charge on any atom is 0.257 e. The van der Waals surface area contributed by atoms with Crippen LogP contribution in [0.15, 0.2) is 18.3 Å². The maximum absolute atomic E-state index is 13.0. The number of rotatable bonds is 4. The second-order valence-corrected chi connectivity index (χ2v) is 6.96. The highest BCUT2D eigenvalue weighted by molar-refractivity contribution is 5.99. The molecule has 0 unspecified atom stereocenters. The zero-order valence-corrected chi connectivity index (χ0v) is 14.8. The summed E-state index contributed by atoms with van der Waals surface area (Å²) in [5.74, 6) is 1.57. The molecule has 2 aliphatic rings. The average Bonchev–Trinajstić information content (AvgIpc) is 2.62. The van der Waals surface area contributed by atoms with Crippen LogP contribution in [-0.4, -0.2) is 79.7 Å². The van der Waals surface area contributed by atoms with Gasteiger partial charge in [-0.1, -0.05) is 13.8 Å². The Balaban J connectivity index is 1.67. The van der Waals surface area contributed by atoms with Crippen molar-refractivity contribution in [1.29, 1.82) is 0 Å². The van der Waals surface area contributed by atoms with E-state index < -0.39 is 0 Å². The van der Waals surface area contributed by atoms with Crippen molar-refractivity contribution in [2.24, 2.45) is 5.92 Å². The molecule has 0 atom stereocenters. The van der Waals surface area contributed by atoms with Crippen LogP contribution in [0, 0.1) is 5.92 Å². The van der Waals surface area contributed by atoms with Gasteiger partial charge in [0.15, 0.2) is 0 Å². The molecule has 1 aromatic rings. The molecule has 2 aliphatic heterocycles. The van der Waals surface area contributed by atoms with Crippen LogP contribution in [-0.2, 0) is 4.74 Å². The Labute approximate surface area is 144 Å². The van der Waals surface area contributed by atoms with E-state index in [1.54, 1.807) is 6.20 Å². The zero-order valence-electron chi connectivity index (χ0n) is 14.8. The third-order valence-corrected chi connectivity index (χ3v) is 4.61. The van der Waals surface area contributed by atoms with Gasteiger partial charge in [-0.05, 0) is 18.1 Å². The van der Waals surface area contributed by atoms with Crippen molar-refractivity contribution in [3.63, 3.8) is 0 Å². The van der Waals surface area contributed by atoms with Gasteiger partial charge in [0.25, 0.3) is 5.91 Å². The van der Waals surface area contributed by atoms with Gasteiger partial charge in [0.05, 0.1) is 18.8 Å². The van der Waals surface area contributed by atoms with Crippen molar-refractivity contribution in [2.45, 2.75) is 13.8 Å². The number of hydrogen-bond acceptors (Lipinski definition) is 5. The number of hydrogen-bond donors (Lipinski definition) is 0. The first kappa shape index (κ1) is 17.2. The van der Waals surface area contributed by atoms with Gasteiger partial charge in [0.1, 0.15) is 5.82 Å². The second kappa shape index (κ2) is 7.94. The number of carbonyl (C=O) groups is 1. The monoisotopic (exact) mass is 332 g/mol. The summed E-state index contributed by atoms with van der Waals surface area (Å²) < 4.78 is 5.41. The van der Waals surface area contributed by atoms with Crippen LogP contribution in [0.2, 0.25) is 0 Å². The summed E-state index contributed by atoms with van der Waals surface area (Å²) in [5, 5.41) is 0. The van der Waals surface area contributed by atoms with E-state index in [0.717, 1.165) is 57.2 Å². The van der Waals surface area contributed by atoms with Gasteiger partial charge < -0.3 is 14.5 Å². The molecular weight excluding hydrogens is 304 g/mol. The molecule has 0 aliphatic carbocycles. The van der Waals surface area contributed by atoms with Crippen molar-refractivity contribution in [3.8, 4) is 0 Å². The molecule has 6 nitrogen and oxygen atoms in total. The van der Waals surface area contributed by atoms with E-state index in [-0.39, 0.29) is 5.91 Å². The number of piperazine rings is 1. The lowest BCUT2D eigenvalue weighted by Gasteiger charge is -2.36. The van der Waals surface area contributed by atoms with Gasteiger partial charge in [-0.15, -0.1) is 0 Å². The van der Waals surface area contributed by atoms with Crippen molar-refractivity contribution in [3.05, 3.63) is 23.9 Å². The number of amides is 1. The van der Waals surface area contributed by atoms with E-state index in [9.17, 15) is 4.79 Å². The fourth-order valence-electron chi connectivity index (χ4n) is 3.41. The van der Waals surface area contributed by atoms with Gasteiger partial charge in [-0.25, -0.2) is 4.98 Å². The Hall–Kier alpha value is -1.66. The summed E-state index contributed by atoms with van der Waals surface area (Å²) in [5.41, 5.74) is 0.719. The van der Waals surface area contributed by atoms with E-state index >= 15 is 0 Å². The lowest BCUT2D eigenvalue weighted by atomic mass is 10.1. The van der Waals surface area contributed by atoms with Crippen molar-refractivity contribution in [2.75, 3.05) is 63.9 Å². The SMILES string of the molecule is CC(C)CN1CCN(C(=O)c2cccnc2N2CCOCC2)CC1. The molecule has 1 amide bonds. The van der Waals surface area contributed by atoms with Crippen LogP contribution in [0.1, 0.15) is 24.2 Å². The van der Waals surface area contributed by atoms with E-state index in [1.807, 2.05) is 17.0 Å². The van der Waals surface area contributed by atoms with Crippen LogP contribution in [0.3, 0.4) is 0 Å². The van der Waals surface area contributed by atoms with Crippen LogP contribution in [0.5, 0.6) is 0 Å². The summed E-state index contributed by atoms with van der Waals surface area (Å²) in [7, 11) is 0. The van der Waals surface area contributed by atoms with Gasteiger partial charge >= 0.3 is 0 Å². The van der Waals surface area contributed by atoms with E-state index in [0.29, 0.717) is 19.1 Å². The van der Waals surface area contributed by atoms with Crippen molar-refractivity contribution in [1.82, 2.24) is 14.8 Å². The molecule has 0 aromatic carbocycles. The van der Waals surface area contributed by atoms with Crippen LogP contribution in [0.4, 0.5) is 5.82 Å². The summed E-state index contributed by atoms with van der Waals surface area (Å²) in [6.07, 6.45) is 1.77. The van der Waals surface area contributed by atoms with Crippen LogP contribution < -0.4 is 4.90 Å². The molecule has 2 saturated heterocycles. The van der Waals surface area contributed by atoms with Crippen molar-refractivity contribution < 1.29 is 9.53 Å². The Kier molecular flexibility index (Phi) is 5.68. The Bertz CT molecular complexity index is 550. The molecule has 0 saturated carbocycles. The molecule has 0 spiro atoms. The molecule has 0 N–H and O–H groups in total. The van der Waals surface area contributed by atoms with Gasteiger partial charge in [0, 0.05) is 52.0 Å². The zero-order chi connectivity index (χ0) is 16.9. The predicted molar refractivity (Wildman–Crippen MR) is 94.5 cm³/mol. The molecule has 3 heterocycles. The number of pyridine rings is 1. The maximum atomic E-state index is 13.0.